The summed E-state index contributed by atoms with van der Waals surface area (Å²) in [7, 11) is 0. The van der Waals surface area contributed by atoms with Crippen molar-refractivity contribution in [2.24, 2.45) is 5.92 Å². The summed E-state index contributed by atoms with van der Waals surface area (Å²) in [4.78, 5) is 4.19. The lowest BCUT2D eigenvalue weighted by atomic mass is 10.2. The molecule has 0 radical (unpaired) electrons. The molecule has 0 unspecified atom stereocenters. The first-order chi connectivity index (χ1) is 7.30. The maximum Gasteiger partial charge on any atom is 0.443 e. The fourth-order valence-corrected chi connectivity index (χ4v) is 2.09. The Kier molecular flexibility index (Phi) is 4.32. The van der Waals surface area contributed by atoms with E-state index >= 15 is 0 Å². The van der Waals surface area contributed by atoms with Gasteiger partial charge in [-0.05, 0) is 19.4 Å². The second-order valence-corrected chi connectivity index (χ2v) is 5.13. The van der Waals surface area contributed by atoms with Gasteiger partial charge in [-0.15, -0.1) is 11.3 Å². The van der Waals surface area contributed by atoms with Crippen molar-refractivity contribution < 1.29 is 13.2 Å². The molecule has 0 amide bonds. The van der Waals surface area contributed by atoms with E-state index in [9.17, 15) is 13.2 Å². The van der Waals surface area contributed by atoms with Gasteiger partial charge < -0.3 is 5.32 Å². The van der Waals surface area contributed by atoms with Crippen molar-refractivity contribution in [2.45, 2.75) is 33.5 Å². The van der Waals surface area contributed by atoms with Crippen LogP contribution in [0.25, 0.3) is 0 Å². The minimum atomic E-state index is -4.33. The Hall–Kier alpha value is -0.620. The van der Waals surface area contributed by atoms with E-state index in [-0.39, 0.29) is 0 Å². The summed E-state index contributed by atoms with van der Waals surface area (Å²) in [6, 6.07) is 0. The summed E-state index contributed by atoms with van der Waals surface area (Å²) in [5, 5.41) is 2.35. The summed E-state index contributed by atoms with van der Waals surface area (Å²) in [5.41, 5.74) is 0.466. The minimum absolute atomic E-state index is 0.456. The Morgan fingerprint density at radius 1 is 1.38 bits per heavy atom. The van der Waals surface area contributed by atoms with Crippen molar-refractivity contribution in [3.63, 3.8) is 0 Å². The van der Waals surface area contributed by atoms with Gasteiger partial charge in [0.1, 0.15) is 0 Å². The highest BCUT2D eigenvalue weighted by Crippen LogP contribution is 2.33. The zero-order chi connectivity index (χ0) is 12.3. The lowest BCUT2D eigenvalue weighted by Gasteiger charge is -2.05. The molecule has 0 aliphatic heterocycles. The Balaban J connectivity index is 2.64. The van der Waals surface area contributed by atoms with Crippen molar-refractivity contribution in [3.05, 3.63) is 15.6 Å². The second kappa shape index (κ2) is 5.14. The number of alkyl halides is 3. The molecule has 0 spiro atoms. The van der Waals surface area contributed by atoms with Crippen LogP contribution in [0.5, 0.6) is 0 Å². The van der Waals surface area contributed by atoms with E-state index in [0.717, 1.165) is 17.9 Å². The second-order valence-electron chi connectivity index (χ2n) is 4.05. The molecule has 6 heteroatoms. The van der Waals surface area contributed by atoms with Crippen molar-refractivity contribution in [2.75, 3.05) is 6.54 Å². The summed E-state index contributed by atoms with van der Waals surface area (Å²) in [6.07, 6.45) is -4.33. The summed E-state index contributed by atoms with van der Waals surface area (Å²) in [6.45, 7) is 6.95. The van der Waals surface area contributed by atoms with Gasteiger partial charge in [-0.3, -0.25) is 0 Å². The van der Waals surface area contributed by atoms with E-state index in [1.54, 1.807) is 6.92 Å². The van der Waals surface area contributed by atoms with E-state index in [0.29, 0.717) is 23.0 Å². The van der Waals surface area contributed by atoms with Crippen molar-refractivity contribution in [1.82, 2.24) is 10.3 Å². The van der Waals surface area contributed by atoms with Crippen LogP contribution in [0.3, 0.4) is 0 Å². The molecule has 2 nitrogen and oxygen atoms in total. The molecular formula is C10H15F3N2S. The maximum atomic E-state index is 12.4. The van der Waals surface area contributed by atoms with Crippen LogP contribution in [0.15, 0.2) is 0 Å². The quantitative estimate of drug-likeness (QED) is 0.890. The largest absolute Gasteiger partial charge is 0.443 e. The zero-order valence-electron chi connectivity index (χ0n) is 9.48. The molecule has 0 aromatic carbocycles. The summed E-state index contributed by atoms with van der Waals surface area (Å²) >= 11 is 0.719. The fourth-order valence-electron chi connectivity index (χ4n) is 1.19. The standard InChI is InChI=1S/C10H15F3N2S/c1-6(2)4-14-5-8-7(3)15-9(16-8)10(11,12)13/h6,14H,4-5H2,1-3H3. The minimum Gasteiger partial charge on any atom is -0.312 e. The van der Waals surface area contributed by atoms with Crippen LogP contribution in [0.4, 0.5) is 13.2 Å². The van der Waals surface area contributed by atoms with E-state index in [4.69, 9.17) is 0 Å². The third kappa shape index (κ3) is 3.75. The molecule has 92 valence electrons. The number of hydrogen-bond donors (Lipinski definition) is 1. The van der Waals surface area contributed by atoms with Gasteiger partial charge in [-0.25, -0.2) is 4.98 Å². The Morgan fingerprint density at radius 3 is 2.44 bits per heavy atom. The van der Waals surface area contributed by atoms with Crippen LogP contribution in [0.2, 0.25) is 0 Å². The smallest absolute Gasteiger partial charge is 0.312 e. The van der Waals surface area contributed by atoms with Gasteiger partial charge in [0.15, 0.2) is 5.01 Å². The molecular weight excluding hydrogens is 237 g/mol. The van der Waals surface area contributed by atoms with Gasteiger partial charge in [0.2, 0.25) is 0 Å². The highest BCUT2D eigenvalue weighted by atomic mass is 32.1. The number of thiazole rings is 1. The normalized spacial score (nSPS) is 12.4. The average molecular weight is 252 g/mol. The number of hydrogen-bond acceptors (Lipinski definition) is 3. The number of halogens is 3. The first kappa shape index (κ1) is 13.4. The summed E-state index contributed by atoms with van der Waals surface area (Å²) in [5.74, 6) is 0.482. The molecule has 0 aliphatic carbocycles. The zero-order valence-corrected chi connectivity index (χ0v) is 10.3. The maximum absolute atomic E-state index is 12.4. The Labute approximate surface area is 96.9 Å². The Morgan fingerprint density at radius 2 is 2.00 bits per heavy atom. The predicted octanol–water partition coefficient (Wildman–Crippen LogP) is 3.22. The predicted molar refractivity (Wildman–Crippen MR) is 58.4 cm³/mol. The summed E-state index contributed by atoms with van der Waals surface area (Å²) < 4.78 is 37.1. The lowest BCUT2D eigenvalue weighted by molar-refractivity contribution is -0.137. The first-order valence-electron chi connectivity index (χ1n) is 5.05. The van der Waals surface area contributed by atoms with Crippen LogP contribution in [-0.4, -0.2) is 11.5 Å². The van der Waals surface area contributed by atoms with Gasteiger partial charge >= 0.3 is 6.18 Å². The highest BCUT2D eigenvalue weighted by molar-refractivity contribution is 7.11. The van der Waals surface area contributed by atoms with E-state index in [1.165, 1.54) is 0 Å². The molecule has 0 saturated heterocycles. The third-order valence-corrected chi connectivity index (χ3v) is 3.18. The monoisotopic (exact) mass is 252 g/mol. The molecule has 1 aromatic rings. The molecule has 0 bridgehead atoms. The number of rotatable bonds is 4. The van der Waals surface area contributed by atoms with Gasteiger partial charge in [-0.2, -0.15) is 13.2 Å². The van der Waals surface area contributed by atoms with E-state index in [1.807, 2.05) is 13.8 Å². The van der Waals surface area contributed by atoms with Crippen LogP contribution in [-0.2, 0) is 12.7 Å². The van der Waals surface area contributed by atoms with Crippen molar-refractivity contribution >= 4 is 11.3 Å². The number of aromatic nitrogens is 1. The van der Waals surface area contributed by atoms with Crippen molar-refractivity contribution in [1.29, 1.82) is 0 Å². The number of nitrogens with zero attached hydrogens (tertiary/aromatic N) is 1. The molecule has 1 heterocycles. The third-order valence-electron chi connectivity index (χ3n) is 1.97. The molecule has 1 N–H and O–H groups in total. The first-order valence-corrected chi connectivity index (χ1v) is 5.86. The number of aryl methyl sites for hydroxylation is 1. The van der Waals surface area contributed by atoms with Gasteiger partial charge in [0.05, 0.1) is 5.69 Å². The molecule has 0 aliphatic rings. The molecule has 1 rings (SSSR count). The topological polar surface area (TPSA) is 24.9 Å². The van der Waals surface area contributed by atoms with Crippen LogP contribution in [0.1, 0.15) is 29.4 Å². The SMILES string of the molecule is Cc1nc(C(F)(F)F)sc1CNCC(C)C. The average Bonchev–Trinajstić information content (AvgIpc) is 2.46. The van der Waals surface area contributed by atoms with Crippen LogP contribution >= 0.6 is 11.3 Å². The van der Waals surface area contributed by atoms with E-state index in [2.05, 4.69) is 10.3 Å². The molecule has 1 aromatic heterocycles. The van der Waals surface area contributed by atoms with Gasteiger partial charge in [-0.1, -0.05) is 13.8 Å². The lowest BCUT2D eigenvalue weighted by Crippen LogP contribution is -2.18. The van der Waals surface area contributed by atoms with Gasteiger partial charge in [0, 0.05) is 11.4 Å². The fraction of sp³-hybridized carbons (Fsp3) is 0.700. The van der Waals surface area contributed by atoms with Gasteiger partial charge in [0.25, 0.3) is 0 Å². The Bertz CT molecular complexity index is 344. The number of nitrogens with one attached hydrogen (secondary N) is 1. The molecule has 0 saturated carbocycles. The molecule has 16 heavy (non-hydrogen) atoms. The van der Waals surface area contributed by atoms with E-state index < -0.39 is 11.2 Å². The molecule has 0 fully saturated rings. The van der Waals surface area contributed by atoms with Crippen LogP contribution in [0, 0.1) is 12.8 Å². The van der Waals surface area contributed by atoms with Crippen molar-refractivity contribution in [3.8, 4) is 0 Å². The highest BCUT2D eigenvalue weighted by Gasteiger charge is 2.35. The molecule has 0 atom stereocenters. The van der Waals surface area contributed by atoms with Crippen LogP contribution < -0.4 is 5.32 Å².